The number of ether oxygens (including phenoxy) is 1. The van der Waals surface area contributed by atoms with Crippen LogP contribution in [0.25, 0.3) is 5.95 Å². The molecule has 0 aliphatic heterocycles. The van der Waals surface area contributed by atoms with Crippen molar-refractivity contribution in [2.24, 2.45) is 0 Å². The van der Waals surface area contributed by atoms with Gasteiger partial charge in [0, 0.05) is 32.6 Å². The molecule has 2 heterocycles. The molecule has 8 nitrogen and oxygen atoms in total. The minimum Gasteiger partial charge on any atom is -0.381 e. The van der Waals surface area contributed by atoms with Crippen LogP contribution >= 0.6 is 0 Å². The second-order valence-corrected chi connectivity index (χ2v) is 4.67. The lowest BCUT2D eigenvalue weighted by Crippen LogP contribution is -2.40. The van der Waals surface area contributed by atoms with Gasteiger partial charge in [-0.2, -0.15) is 15.0 Å². The maximum absolute atomic E-state index is 5.26. The highest BCUT2D eigenvalue weighted by Crippen LogP contribution is 2.25. The molecule has 1 fully saturated rings. The Morgan fingerprint density at radius 3 is 2.70 bits per heavy atom. The zero-order valence-corrected chi connectivity index (χ0v) is 11.4. The Hall–Kier alpha value is -2.22. The summed E-state index contributed by atoms with van der Waals surface area (Å²) in [4.78, 5) is 17.0. The van der Waals surface area contributed by atoms with Crippen molar-refractivity contribution in [1.29, 1.82) is 0 Å². The molecule has 0 spiro atoms. The Morgan fingerprint density at radius 1 is 1.25 bits per heavy atom. The van der Waals surface area contributed by atoms with Crippen LogP contribution in [-0.2, 0) is 4.74 Å². The van der Waals surface area contributed by atoms with Gasteiger partial charge in [0.25, 0.3) is 0 Å². The highest BCUT2D eigenvalue weighted by Gasteiger charge is 2.29. The number of methoxy groups -OCH3 is 1. The molecule has 0 amide bonds. The first-order valence-corrected chi connectivity index (χ1v) is 6.50. The normalized spacial score (nSPS) is 21.3. The van der Waals surface area contributed by atoms with Crippen LogP contribution < -0.4 is 10.6 Å². The van der Waals surface area contributed by atoms with Crippen LogP contribution in [-0.4, -0.2) is 50.8 Å². The molecular weight excluding hydrogens is 258 g/mol. The van der Waals surface area contributed by atoms with Gasteiger partial charge >= 0.3 is 0 Å². The van der Waals surface area contributed by atoms with E-state index < -0.39 is 0 Å². The highest BCUT2D eigenvalue weighted by molar-refractivity contribution is 5.38. The zero-order valence-electron chi connectivity index (χ0n) is 11.4. The van der Waals surface area contributed by atoms with Gasteiger partial charge in [0.1, 0.15) is 6.33 Å². The molecule has 3 rings (SSSR count). The van der Waals surface area contributed by atoms with Crippen molar-refractivity contribution in [1.82, 2.24) is 24.5 Å². The van der Waals surface area contributed by atoms with Gasteiger partial charge in [-0.05, 0) is 12.8 Å². The van der Waals surface area contributed by atoms with Crippen LogP contribution in [0.1, 0.15) is 12.8 Å². The van der Waals surface area contributed by atoms with Crippen LogP contribution in [0.3, 0.4) is 0 Å². The molecule has 20 heavy (non-hydrogen) atoms. The summed E-state index contributed by atoms with van der Waals surface area (Å²) in [7, 11) is 3.52. The van der Waals surface area contributed by atoms with Gasteiger partial charge < -0.3 is 15.4 Å². The molecule has 1 saturated carbocycles. The smallest absolute Gasteiger partial charge is 0.241 e. The Labute approximate surface area is 116 Å². The summed E-state index contributed by atoms with van der Waals surface area (Å²) in [6, 6.07) is 0.350. The van der Waals surface area contributed by atoms with Gasteiger partial charge in [0.15, 0.2) is 0 Å². The Morgan fingerprint density at radius 2 is 2.05 bits per heavy atom. The van der Waals surface area contributed by atoms with Gasteiger partial charge in [0.2, 0.25) is 17.8 Å². The number of nitrogens with one attached hydrogen (secondary N) is 2. The van der Waals surface area contributed by atoms with Gasteiger partial charge in [-0.3, -0.25) is 4.57 Å². The lowest BCUT2D eigenvalue weighted by molar-refractivity contribution is 0.0327. The molecule has 0 saturated heterocycles. The lowest BCUT2D eigenvalue weighted by atomic mass is 9.89. The third-order valence-electron chi connectivity index (χ3n) is 3.34. The van der Waals surface area contributed by atoms with Gasteiger partial charge in [-0.15, -0.1) is 0 Å². The van der Waals surface area contributed by atoms with Crippen LogP contribution in [0.5, 0.6) is 0 Å². The fourth-order valence-electron chi connectivity index (χ4n) is 2.09. The van der Waals surface area contributed by atoms with Crippen molar-refractivity contribution in [2.75, 3.05) is 24.8 Å². The van der Waals surface area contributed by atoms with E-state index in [4.69, 9.17) is 4.74 Å². The molecule has 106 valence electrons. The van der Waals surface area contributed by atoms with E-state index in [-0.39, 0.29) is 0 Å². The van der Waals surface area contributed by atoms with Crippen molar-refractivity contribution in [3.8, 4) is 5.95 Å². The summed E-state index contributed by atoms with van der Waals surface area (Å²) in [6.07, 6.45) is 7.41. The summed E-state index contributed by atoms with van der Waals surface area (Å²) in [5.41, 5.74) is 0. The summed E-state index contributed by atoms with van der Waals surface area (Å²) >= 11 is 0. The Bertz CT molecular complexity index is 565. The van der Waals surface area contributed by atoms with Crippen molar-refractivity contribution in [3.05, 3.63) is 18.7 Å². The van der Waals surface area contributed by atoms with Gasteiger partial charge in [-0.25, -0.2) is 4.98 Å². The SMILES string of the molecule is CNc1nc(NC2CC(OC)C2)nc(-n2ccnc2)n1. The summed E-state index contributed by atoms with van der Waals surface area (Å²) in [5, 5.41) is 6.24. The molecule has 0 bridgehead atoms. The maximum atomic E-state index is 5.26. The Balaban J connectivity index is 1.78. The molecule has 0 aromatic carbocycles. The predicted octanol–water partition coefficient (Wildman–Crippen LogP) is 0.688. The average Bonchev–Trinajstić information content (AvgIpc) is 2.96. The summed E-state index contributed by atoms with van der Waals surface area (Å²) in [5.74, 6) is 1.62. The first-order valence-electron chi connectivity index (χ1n) is 6.50. The Kier molecular flexibility index (Phi) is 3.46. The molecule has 8 heteroatoms. The lowest BCUT2D eigenvalue weighted by Gasteiger charge is -2.34. The predicted molar refractivity (Wildman–Crippen MR) is 73.9 cm³/mol. The minimum absolute atomic E-state index is 0.339. The van der Waals surface area contributed by atoms with E-state index in [9.17, 15) is 0 Å². The van der Waals surface area contributed by atoms with E-state index in [0.717, 1.165) is 12.8 Å². The first kappa shape index (κ1) is 12.8. The molecule has 2 aromatic heterocycles. The summed E-state index contributed by atoms with van der Waals surface area (Å²) in [6.45, 7) is 0. The number of hydrogen-bond donors (Lipinski definition) is 2. The van der Waals surface area contributed by atoms with Gasteiger partial charge in [-0.1, -0.05) is 0 Å². The molecule has 2 aromatic rings. The largest absolute Gasteiger partial charge is 0.381 e. The third-order valence-corrected chi connectivity index (χ3v) is 3.34. The standard InChI is InChI=1S/C12H17N7O/c1-13-10-16-11(15-8-5-9(6-8)20-2)18-12(17-10)19-4-3-14-7-19/h3-4,7-9H,5-6H2,1-2H3,(H2,13,15,16,17,18). The molecule has 2 N–H and O–H groups in total. The van der Waals surface area contributed by atoms with Crippen LogP contribution in [0, 0.1) is 0 Å². The number of nitrogens with zero attached hydrogens (tertiary/aromatic N) is 5. The number of anilines is 2. The third kappa shape index (κ3) is 2.55. The monoisotopic (exact) mass is 275 g/mol. The van der Waals surface area contributed by atoms with E-state index in [1.54, 1.807) is 37.4 Å². The fraction of sp³-hybridized carbons (Fsp3) is 0.500. The molecule has 0 radical (unpaired) electrons. The van der Waals surface area contributed by atoms with E-state index >= 15 is 0 Å². The van der Waals surface area contributed by atoms with Crippen LogP contribution in [0.4, 0.5) is 11.9 Å². The second-order valence-electron chi connectivity index (χ2n) is 4.67. The van der Waals surface area contributed by atoms with Crippen LogP contribution in [0.15, 0.2) is 18.7 Å². The average molecular weight is 275 g/mol. The van der Waals surface area contributed by atoms with Gasteiger partial charge in [0.05, 0.1) is 6.10 Å². The number of imidazole rings is 1. The first-order chi connectivity index (χ1) is 9.78. The molecule has 0 unspecified atom stereocenters. The summed E-state index contributed by atoms with van der Waals surface area (Å²) < 4.78 is 7.01. The fourth-order valence-corrected chi connectivity index (χ4v) is 2.09. The molecule has 1 aliphatic rings. The van der Waals surface area contributed by atoms with E-state index in [1.165, 1.54) is 0 Å². The van der Waals surface area contributed by atoms with E-state index in [2.05, 4.69) is 30.6 Å². The van der Waals surface area contributed by atoms with Crippen LogP contribution in [0.2, 0.25) is 0 Å². The van der Waals surface area contributed by atoms with E-state index in [0.29, 0.717) is 30.0 Å². The maximum Gasteiger partial charge on any atom is 0.241 e. The van der Waals surface area contributed by atoms with Crippen molar-refractivity contribution in [2.45, 2.75) is 25.0 Å². The number of rotatable bonds is 5. The van der Waals surface area contributed by atoms with Crippen molar-refractivity contribution < 1.29 is 4.74 Å². The quantitative estimate of drug-likeness (QED) is 0.829. The number of hydrogen-bond acceptors (Lipinski definition) is 7. The van der Waals surface area contributed by atoms with Crippen molar-refractivity contribution >= 4 is 11.9 Å². The molecule has 0 atom stereocenters. The van der Waals surface area contributed by atoms with E-state index in [1.807, 2.05) is 0 Å². The minimum atomic E-state index is 0.339. The number of aromatic nitrogens is 5. The highest BCUT2D eigenvalue weighted by atomic mass is 16.5. The topological polar surface area (TPSA) is 89.8 Å². The second kappa shape index (κ2) is 5.41. The zero-order chi connectivity index (χ0) is 13.9. The molecule has 1 aliphatic carbocycles. The molecular formula is C12H17N7O. The van der Waals surface area contributed by atoms with Crippen molar-refractivity contribution in [3.63, 3.8) is 0 Å².